The molecule has 198 valence electrons. The summed E-state index contributed by atoms with van der Waals surface area (Å²) in [7, 11) is -3.77. The number of nitrogens with zero attached hydrogens (tertiary/aromatic N) is 2. The van der Waals surface area contributed by atoms with Crippen molar-refractivity contribution in [3.8, 4) is 0 Å². The predicted molar refractivity (Wildman–Crippen MR) is 147 cm³/mol. The van der Waals surface area contributed by atoms with E-state index in [4.69, 9.17) is 11.6 Å². The molecule has 0 bridgehead atoms. The van der Waals surface area contributed by atoms with Gasteiger partial charge >= 0.3 is 0 Å². The van der Waals surface area contributed by atoms with Crippen LogP contribution in [0.25, 0.3) is 0 Å². The zero-order valence-corrected chi connectivity index (χ0v) is 23.6. The predicted octanol–water partition coefficient (Wildman–Crippen LogP) is 4.74. The van der Waals surface area contributed by atoms with Gasteiger partial charge in [-0.15, -0.1) is 0 Å². The third-order valence-corrected chi connectivity index (χ3v) is 7.29. The van der Waals surface area contributed by atoms with Gasteiger partial charge in [-0.2, -0.15) is 0 Å². The van der Waals surface area contributed by atoms with Crippen molar-refractivity contribution in [3.63, 3.8) is 0 Å². The molecule has 7 nitrogen and oxygen atoms in total. The Balaban J connectivity index is 2.42. The second-order valence-corrected chi connectivity index (χ2v) is 12.3. The Morgan fingerprint density at radius 2 is 1.58 bits per heavy atom. The Bertz CT molecular complexity index is 1130. The van der Waals surface area contributed by atoms with Crippen LogP contribution in [-0.4, -0.2) is 50.5 Å². The normalized spacial score (nSPS) is 12.6. The van der Waals surface area contributed by atoms with Crippen LogP contribution in [-0.2, 0) is 31.6 Å². The van der Waals surface area contributed by atoms with Gasteiger partial charge in [-0.25, -0.2) is 8.42 Å². The van der Waals surface area contributed by atoms with Crippen LogP contribution in [0, 0.1) is 0 Å². The van der Waals surface area contributed by atoms with Crippen LogP contribution in [0.1, 0.15) is 58.6 Å². The number of hydrogen-bond acceptors (Lipinski definition) is 4. The molecule has 9 heteroatoms. The molecular weight excluding hydrogens is 498 g/mol. The molecule has 0 aliphatic heterocycles. The van der Waals surface area contributed by atoms with Crippen LogP contribution in [0.4, 0.5) is 5.69 Å². The first kappa shape index (κ1) is 29.6. The Morgan fingerprint density at radius 1 is 1.00 bits per heavy atom. The van der Waals surface area contributed by atoms with Gasteiger partial charge in [0.25, 0.3) is 0 Å². The summed E-state index contributed by atoms with van der Waals surface area (Å²) in [6.07, 6.45) is 2.22. The minimum Gasteiger partial charge on any atom is -0.354 e. The van der Waals surface area contributed by atoms with Crippen LogP contribution in [0.15, 0.2) is 48.5 Å². The summed E-state index contributed by atoms with van der Waals surface area (Å²) in [5.74, 6) is -0.726. The van der Waals surface area contributed by atoms with E-state index in [1.54, 1.807) is 36.4 Å². The molecule has 0 radical (unpaired) electrons. The molecule has 0 saturated carbocycles. The molecule has 2 aromatic carbocycles. The molecule has 0 fully saturated rings. The Labute approximate surface area is 220 Å². The fourth-order valence-electron chi connectivity index (χ4n) is 3.81. The van der Waals surface area contributed by atoms with Gasteiger partial charge in [0.2, 0.25) is 21.8 Å². The summed E-state index contributed by atoms with van der Waals surface area (Å²) in [5.41, 5.74) is 2.14. The van der Waals surface area contributed by atoms with Gasteiger partial charge in [0.1, 0.15) is 12.6 Å². The number of anilines is 1. The van der Waals surface area contributed by atoms with E-state index in [0.29, 0.717) is 23.7 Å². The van der Waals surface area contributed by atoms with E-state index >= 15 is 0 Å². The smallest absolute Gasteiger partial charge is 0.244 e. The highest BCUT2D eigenvalue weighted by Gasteiger charge is 2.31. The lowest BCUT2D eigenvalue weighted by Gasteiger charge is -2.33. The zero-order chi connectivity index (χ0) is 27.1. The van der Waals surface area contributed by atoms with E-state index in [2.05, 4.69) is 26.1 Å². The van der Waals surface area contributed by atoms with Gasteiger partial charge in [-0.1, -0.05) is 70.5 Å². The summed E-state index contributed by atoms with van der Waals surface area (Å²) in [6.45, 7) is 10.2. The summed E-state index contributed by atoms with van der Waals surface area (Å²) in [4.78, 5) is 28.1. The standard InChI is InChI=1S/C27H38ClN3O4S/c1-7-17-29-26(33)24(8-2)30(18-20-9-13-22(28)14-10-20)25(32)19-31(36(6,34)35)23-15-11-21(12-16-23)27(3,4)5/h9-16,24H,7-8,17-19H2,1-6H3,(H,29,33)/t24-/m1/s1. The summed E-state index contributed by atoms with van der Waals surface area (Å²) < 4.78 is 26.6. The second kappa shape index (κ2) is 12.6. The molecule has 0 unspecified atom stereocenters. The first-order valence-corrected chi connectivity index (χ1v) is 14.4. The SMILES string of the molecule is CCCNC(=O)[C@@H](CC)N(Cc1ccc(Cl)cc1)C(=O)CN(c1ccc(C(C)(C)C)cc1)S(C)(=O)=O. The molecule has 2 rings (SSSR count). The van der Waals surface area contributed by atoms with Crippen molar-refractivity contribution in [1.29, 1.82) is 0 Å². The van der Waals surface area contributed by atoms with Gasteiger partial charge in [-0.05, 0) is 53.6 Å². The Morgan fingerprint density at radius 3 is 2.06 bits per heavy atom. The molecule has 1 N–H and O–H groups in total. The molecule has 36 heavy (non-hydrogen) atoms. The lowest BCUT2D eigenvalue weighted by molar-refractivity contribution is -0.140. The first-order valence-electron chi connectivity index (χ1n) is 12.2. The maximum Gasteiger partial charge on any atom is 0.244 e. The molecule has 0 aliphatic rings. The number of amides is 2. The molecule has 2 amide bonds. The topological polar surface area (TPSA) is 86.8 Å². The fraction of sp³-hybridized carbons (Fsp3) is 0.481. The van der Waals surface area contributed by atoms with E-state index in [0.717, 1.165) is 28.1 Å². The third kappa shape index (κ3) is 8.23. The zero-order valence-electron chi connectivity index (χ0n) is 22.0. The number of hydrogen-bond donors (Lipinski definition) is 1. The molecule has 0 aliphatic carbocycles. The highest BCUT2D eigenvalue weighted by molar-refractivity contribution is 7.92. The van der Waals surface area contributed by atoms with Gasteiger partial charge in [0.15, 0.2) is 0 Å². The summed E-state index contributed by atoms with van der Waals surface area (Å²) in [6, 6.07) is 13.4. The van der Waals surface area contributed by atoms with E-state index < -0.39 is 28.5 Å². The summed E-state index contributed by atoms with van der Waals surface area (Å²) >= 11 is 6.02. The van der Waals surface area contributed by atoms with Crippen LogP contribution in [0.2, 0.25) is 5.02 Å². The van der Waals surface area contributed by atoms with E-state index in [1.807, 2.05) is 26.0 Å². The number of benzene rings is 2. The number of sulfonamides is 1. The molecule has 0 heterocycles. The van der Waals surface area contributed by atoms with Crippen molar-refractivity contribution in [2.75, 3.05) is 23.7 Å². The van der Waals surface area contributed by atoms with Crippen molar-refractivity contribution in [1.82, 2.24) is 10.2 Å². The minimum atomic E-state index is -3.77. The third-order valence-electron chi connectivity index (χ3n) is 5.90. The van der Waals surface area contributed by atoms with Crippen molar-refractivity contribution in [2.24, 2.45) is 0 Å². The number of carbonyl (C=O) groups excluding carboxylic acids is 2. The van der Waals surface area contributed by atoms with E-state index in [1.165, 1.54) is 4.90 Å². The Kier molecular flexibility index (Phi) is 10.4. The van der Waals surface area contributed by atoms with Gasteiger partial charge in [0.05, 0.1) is 11.9 Å². The van der Waals surface area contributed by atoms with Gasteiger partial charge in [0, 0.05) is 18.1 Å². The van der Waals surface area contributed by atoms with Crippen molar-refractivity contribution < 1.29 is 18.0 Å². The van der Waals surface area contributed by atoms with Crippen molar-refractivity contribution >= 4 is 39.1 Å². The van der Waals surface area contributed by atoms with Crippen molar-refractivity contribution in [3.05, 3.63) is 64.7 Å². The lowest BCUT2D eigenvalue weighted by atomic mass is 9.87. The van der Waals surface area contributed by atoms with Crippen molar-refractivity contribution in [2.45, 2.75) is 65.5 Å². The largest absolute Gasteiger partial charge is 0.354 e. The molecule has 0 saturated heterocycles. The van der Waals surface area contributed by atoms with Crippen LogP contribution in [0.3, 0.4) is 0 Å². The average molecular weight is 536 g/mol. The highest BCUT2D eigenvalue weighted by Crippen LogP contribution is 2.26. The van der Waals surface area contributed by atoms with E-state index in [9.17, 15) is 18.0 Å². The molecule has 0 spiro atoms. The van der Waals surface area contributed by atoms with Crippen LogP contribution < -0.4 is 9.62 Å². The monoisotopic (exact) mass is 535 g/mol. The van der Waals surface area contributed by atoms with Gasteiger partial charge < -0.3 is 10.2 Å². The molecule has 0 aromatic heterocycles. The van der Waals surface area contributed by atoms with Crippen LogP contribution in [0.5, 0.6) is 0 Å². The lowest BCUT2D eigenvalue weighted by Crippen LogP contribution is -2.52. The maximum atomic E-state index is 13.7. The maximum absolute atomic E-state index is 13.7. The minimum absolute atomic E-state index is 0.0974. The second-order valence-electron chi connectivity index (χ2n) is 9.93. The van der Waals surface area contributed by atoms with E-state index in [-0.39, 0.29) is 17.9 Å². The first-order chi connectivity index (χ1) is 16.8. The fourth-order valence-corrected chi connectivity index (χ4v) is 4.79. The average Bonchev–Trinajstić information content (AvgIpc) is 2.81. The summed E-state index contributed by atoms with van der Waals surface area (Å²) in [5, 5.41) is 3.42. The molecular formula is C27H38ClN3O4S. The Hall–Kier alpha value is -2.58. The number of rotatable bonds is 11. The van der Waals surface area contributed by atoms with Crippen LogP contribution >= 0.6 is 11.6 Å². The number of halogens is 1. The van der Waals surface area contributed by atoms with Gasteiger partial charge in [-0.3, -0.25) is 13.9 Å². The quantitative estimate of drug-likeness (QED) is 0.450. The number of nitrogens with one attached hydrogen (secondary N) is 1. The highest BCUT2D eigenvalue weighted by atomic mass is 35.5. The molecule has 2 aromatic rings. The number of carbonyl (C=O) groups is 2. The molecule has 1 atom stereocenters.